The van der Waals surface area contributed by atoms with Crippen LogP contribution in [0.2, 0.25) is 0 Å². The maximum atomic E-state index is 11.9. The lowest BCUT2D eigenvalue weighted by Gasteiger charge is -2.09. The van der Waals surface area contributed by atoms with Crippen LogP contribution in [-0.2, 0) is 0 Å². The molecule has 0 bridgehead atoms. The summed E-state index contributed by atoms with van der Waals surface area (Å²) in [5, 5.41) is 21.8. The molecule has 1 aromatic carbocycles. The van der Waals surface area contributed by atoms with Gasteiger partial charge in [0.05, 0.1) is 30.5 Å². The first-order valence-corrected chi connectivity index (χ1v) is 5.69. The number of methoxy groups -OCH3 is 1. The van der Waals surface area contributed by atoms with E-state index in [-0.39, 0.29) is 5.76 Å². The molecule has 0 spiro atoms. The summed E-state index contributed by atoms with van der Waals surface area (Å²) in [6.07, 6.45) is 0. The molecule has 8 nitrogen and oxygen atoms in total. The third-order valence-corrected chi connectivity index (χ3v) is 2.57. The fourth-order valence-electron chi connectivity index (χ4n) is 1.60. The second-order valence-electron chi connectivity index (χ2n) is 3.88. The van der Waals surface area contributed by atoms with Crippen LogP contribution in [-0.4, -0.2) is 17.9 Å². The van der Waals surface area contributed by atoms with E-state index in [0.717, 1.165) is 6.07 Å². The largest absolute Gasteiger partial charge is 0.495 e. The summed E-state index contributed by atoms with van der Waals surface area (Å²) in [4.78, 5) is 21.7. The molecule has 2 rings (SSSR count). The molecule has 1 aromatic heterocycles. The van der Waals surface area contributed by atoms with Crippen molar-refractivity contribution in [2.24, 2.45) is 0 Å². The van der Waals surface area contributed by atoms with Crippen LogP contribution < -0.4 is 10.1 Å². The van der Waals surface area contributed by atoms with Gasteiger partial charge >= 0.3 is 5.88 Å². The number of benzene rings is 1. The summed E-state index contributed by atoms with van der Waals surface area (Å²) in [6, 6.07) is 8.68. The second-order valence-corrected chi connectivity index (χ2v) is 3.88. The highest BCUT2D eigenvalue weighted by molar-refractivity contribution is 6.03. The minimum Gasteiger partial charge on any atom is -0.495 e. The first kappa shape index (κ1) is 14.1. The maximum Gasteiger partial charge on any atom is 0.433 e. The normalized spacial score (nSPS) is 9.71. The zero-order chi connectivity index (χ0) is 15.4. The molecule has 0 radical (unpaired) electrons. The van der Waals surface area contributed by atoms with E-state index in [1.165, 1.54) is 31.4 Å². The zero-order valence-corrected chi connectivity index (χ0v) is 10.8. The van der Waals surface area contributed by atoms with Crippen molar-refractivity contribution in [3.63, 3.8) is 0 Å². The van der Waals surface area contributed by atoms with Crippen LogP contribution >= 0.6 is 0 Å². The Labute approximate surface area is 118 Å². The molecule has 8 heteroatoms. The van der Waals surface area contributed by atoms with E-state index in [9.17, 15) is 14.9 Å². The Hall–Kier alpha value is -3.34. The van der Waals surface area contributed by atoms with Crippen LogP contribution in [0.15, 0.2) is 34.7 Å². The van der Waals surface area contributed by atoms with Gasteiger partial charge in [-0.25, -0.2) is 0 Å². The molecule has 0 aliphatic carbocycles. The molecule has 0 aliphatic heterocycles. The van der Waals surface area contributed by atoms with E-state index in [4.69, 9.17) is 14.4 Å². The van der Waals surface area contributed by atoms with Gasteiger partial charge in [-0.1, -0.05) is 0 Å². The number of amides is 1. The van der Waals surface area contributed by atoms with E-state index >= 15 is 0 Å². The number of rotatable bonds is 4. The van der Waals surface area contributed by atoms with Gasteiger partial charge in [0.25, 0.3) is 5.91 Å². The van der Waals surface area contributed by atoms with Crippen LogP contribution in [0.3, 0.4) is 0 Å². The Morgan fingerprint density at radius 2 is 2.19 bits per heavy atom. The highest BCUT2D eigenvalue weighted by atomic mass is 16.6. The minimum absolute atomic E-state index is 0.201. The highest BCUT2D eigenvalue weighted by Crippen LogP contribution is 2.26. The number of furan rings is 1. The summed E-state index contributed by atoms with van der Waals surface area (Å²) < 4.78 is 9.86. The number of carbonyl (C=O) groups is 1. The van der Waals surface area contributed by atoms with E-state index in [1.54, 1.807) is 0 Å². The van der Waals surface area contributed by atoms with Crippen molar-refractivity contribution in [2.45, 2.75) is 0 Å². The van der Waals surface area contributed by atoms with Crippen LogP contribution in [0, 0.1) is 21.4 Å². The van der Waals surface area contributed by atoms with Gasteiger partial charge in [-0.3, -0.25) is 14.9 Å². The third kappa shape index (κ3) is 2.98. The first-order chi connectivity index (χ1) is 10.0. The van der Waals surface area contributed by atoms with Gasteiger partial charge in [0, 0.05) is 6.07 Å². The van der Waals surface area contributed by atoms with Gasteiger partial charge in [0.2, 0.25) is 0 Å². The second kappa shape index (κ2) is 5.75. The van der Waals surface area contributed by atoms with Gasteiger partial charge in [0.15, 0.2) is 5.76 Å². The average molecular weight is 287 g/mol. The number of ether oxygens (including phenoxy) is 1. The van der Waals surface area contributed by atoms with E-state index in [1.807, 2.05) is 6.07 Å². The Morgan fingerprint density at radius 3 is 2.76 bits per heavy atom. The molecule has 2 aromatic rings. The number of nitro groups is 1. The van der Waals surface area contributed by atoms with Crippen molar-refractivity contribution in [2.75, 3.05) is 12.4 Å². The van der Waals surface area contributed by atoms with Gasteiger partial charge < -0.3 is 14.5 Å². The van der Waals surface area contributed by atoms with E-state index in [0.29, 0.717) is 17.0 Å². The Morgan fingerprint density at radius 1 is 1.43 bits per heavy atom. The predicted octanol–water partition coefficient (Wildman–Crippen LogP) is 2.32. The number of nitriles is 1. The monoisotopic (exact) mass is 287 g/mol. The fourth-order valence-corrected chi connectivity index (χ4v) is 1.60. The SMILES string of the molecule is COc1cc(C#N)ccc1NC(=O)c1ccc([N+](=O)[O-])o1. The van der Waals surface area contributed by atoms with Gasteiger partial charge in [-0.2, -0.15) is 5.26 Å². The third-order valence-electron chi connectivity index (χ3n) is 2.57. The summed E-state index contributed by atoms with van der Waals surface area (Å²) in [5.74, 6) is -1.09. The zero-order valence-electron chi connectivity index (χ0n) is 10.8. The number of hydrogen-bond donors (Lipinski definition) is 1. The van der Waals surface area contributed by atoms with Crippen molar-refractivity contribution in [1.82, 2.24) is 0 Å². The van der Waals surface area contributed by atoms with Crippen molar-refractivity contribution in [3.05, 3.63) is 51.8 Å². The predicted molar refractivity (Wildman–Crippen MR) is 71.0 cm³/mol. The molecule has 21 heavy (non-hydrogen) atoms. The lowest BCUT2D eigenvalue weighted by atomic mass is 10.2. The number of anilines is 1. The molecule has 0 saturated heterocycles. The lowest BCUT2D eigenvalue weighted by molar-refractivity contribution is -0.402. The molecular weight excluding hydrogens is 278 g/mol. The van der Waals surface area contributed by atoms with Gasteiger partial charge in [0.1, 0.15) is 10.7 Å². The van der Waals surface area contributed by atoms with Crippen molar-refractivity contribution < 1.29 is 18.9 Å². The summed E-state index contributed by atoms with van der Waals surface area (Å²) in [5.41, 5.74) is 0.694. The minimum atomic E-state index is -0.737. The Bertz CT molecular complexity index is 745. The van der Waals surface area contributed by atoms with Crippen LogP contribution in [0.4, 0.5) is 11.6 Å². The van der Waals surface area contributed by atoms with Crippen molar-refractivity contribution in [3.8, 4) is 11.8 Å². The molecule has 0 saturated carbocycles. The first-order valence-electron chi connectivity index (χ1n) is 5.69. The summed E-state index contributed by atoms with van der Waals surface area (Å²) in [7, 11) is 1.39. The molecule has 0 unspecified atom stereocenters. The van der Waals surface area contributed by atoms with Gasteiger partial charge in [-0.15, -0.1) is 0 Å². The Kier molecular flexibility index (Phi) is 3.85. The molecule has 106 valence electrons. The Balaban J connectivity index is 2.23. The number of nitrogens with zero attached hydrogens (tertiary/aromatic N) is 2. The fraction of sp³-hybridized carbons (Fsp3) is 0.0769. The molecule has 0 atom stereocenters. The number of carbonyl (C=O) groups excluding carboxylic acids is 1. The number of hydrogen-bond acceptors (Lipinski definition) is 6. The van der Waals surface area contributed by atoms with Crippen molar-refractivity contribution in [1.29, 1.82) is 5.26 Å². The van der Waals surface area contributed by atoms with Crippen LogP contribution in [0.1, 0.15) is 16.1 Å². The molecule has 0 fully saturated rings. The molecule has 1 N–H and O–H groups in total. The van der Waals surface area contributed by atoms with Crippen molar-refractivity contribution >= 4 is 17.5 Å². The topological polar surface area (TPSA) is 118 Å². The smallest absolute Gasteiger partial charge is 0.433 e. The van der Waals surface area contributed by atoms with Crippen LogP contribution in [0.25, 0.3) is 0 Å². The highest BCUT2D eigenvalue weighted by Gasteiger charge is 2.18. The molecular formula is C13H9N3O5. The van der Waals surface area contributed by atoms with Gasteiger partial charge in [-0.05, 0) is 18.2 Å². The quantitative estimate of drug-likeness (QED) is 0.680. The van der Waals surface area contributed by atoms with Crippen LogP contribution in [0.5, 0.6) is 5.75 Å². The maximum absolute atomic E-state index is 11.9. The molecule has 0 aliphatic rings. The standard InChI is InChI=1S/C13H9N3O5/c1-20-11-6-8(7-14)2-3-9(11)15-13(17)10-4-5-12(21-10)16(18)19/h2-6H,1H3,(H,15,17). The number of nitrogens with one attached hydrogen (secondary N) is 1. The average Bonchev–Trinajstić information content (AvgIpc) is 2.97. The van der Waals surface area contributed by atoms with E-state index in [2.05, 4.69) is 5.32 Å². The van der Waals surface area contributed by atoms with E-state index < -0.39 is 16.7 Å². The summed E-state index contributed by atoms with van der Waals surface area (Å²) >= 11 is 0. The summed E-state index contributed by atoms with van der Waals surface area (Å²) in [6.45, 7) is 0. The lowest BCUT2D eigenvalue weighted by Crippen LogP contribution is -2.11. The molecule has 1 heterocycles. The molecule has 1 amide bonds.